The Morgan fingerprint density at radius 1 is 1.14 bits per heavy atom. The Labute approximate surface area is 125 Å². The molecule has 1 aliphatic carbocycles. The molecule has 3 heteroatoms. The van der Waals surface area contributed by atoms with Gasteiger partial charge >= 0.3 is 0 Å². The molecule has 2 nitrogen and oxygen atoms in total. The van der Waals surface area contributed by atoms with Gasteiger partial charge in [0.15, 0.2) is 0 Å². The van der Waals surface area contributed by atoms with E-state index in [1.54, 1.807) is 13.2 Å². The Kier molecular flexibility index (Phi) is 3.82. The number of nitrogens with one attached hydrogen (secondary N) is 1. The number of benzene rings is 2. The van der Waals surface area contributed by atoms with Crippen molar-refractivity contribution in [3.8, 4) is 5.75 Å². The normalized spacial score (nSPS) is 17.2. The molecule has 0 amide bonds. The largest absolute Gasteiger partial charge is 0.497 e. The van der Waals surface area contributed by atoms with E-state index in [0.29, 0.717) is 6.04 Å². The average molecular weight is 285 g/mol. The molecule has 3 rings (SSSR count). The first-order valence-corrected chi connectivity index (χ1v) is 7.34. The molecule has 21 heavy (non-hydrogen) atoms. The van der Waals surface area contributed by atoms with E-state index in [-0.39, 0.29) is 5.82 Å². The van der Waals surface area contributed by atoms with Crippen molar-refractivity contribution < 1.29 is 9.13 Å². The molecule has 0 aromatic heterocycles. The van der Waals surface area contributed by atoms with Crippen molar-refractivity contribution in [2.24, 2.45) is 0 Å². The number of anilines is 1. The monoisotopic (exact) mass is 285 g/mol. The van der Waals surface area contributed by atoms with Gasteiger partial charge in [0, 0.05) is 11.7 Å². The smallest absolute Gasteiger partial charge is 0.123 e. The first-order chi connectivity index (χ1) is 10.2. The molecule has 1 unspecified atom stereocenters. The molecule has 1 aliphatic rings. The maximum absolute atomic E-state index is 13.2. The Balaban J connectivity index is 1.76. The van der Waals surface area contributed by atoms with E-state index < -0.39 is 0 Å². The van der Waals surface area contributed by atoms with E-state index in [2.05, 4.69) is 17.4 Å². The van der Waals surface area contributed by atoms with Crippen LogP contribution in [-0.4, -0.2) is 13.2 Å². The minimum Gasteiger partial charge on any atom is -0.497 e. The summed E-state index contributed by atoms with van der Waals surface area (Å²) in [7, 11) is 1.70. The fourth-order valence-corrected chi connectivity index (χ4v) is 2.99. The molecule has 2 aromatic carbocycles. The fourth-order valence-electron chi connectivity index (χ4n) is 2.99. The molecule has 2 aromatic rings. The molecule has 1 N–H and O–H groups in total. The summed E-state index contributed by atoms with van der Waals surface area (Å²) in [5.41, 5.74) is 4.72. The molecule has 0 saturated heterocycles. The van der Waals surface area contributed by atoms with Crippen molar-refractivity contribution in [2.45, 2.75) is 32.2 Å². The lowest BCUT2D eigenvalue weighted by Crippen LogP contribution is -2.27. The minimum absolute atomic E-state index is 0.184. The van der Waals surface area contributed by atoms with E-state index in [4.69, 9.17) is 4.74 Å². The number of fused-ring (bicyclic) bond motifs is 1. The molecule has 0 aliphatic heterocycles. The van der Waals surface area contributed by atoms with Crippen LogP contribution in [0.15, 0.2) is 36.4 Å². The molecule has 0 spiro atoms. The lowest BCUT2D eigenvalue weighted by atomic mass is 9.88. The first kappa shape index (κ1) is 13.9. The summed E-state index contributed by atoms with van der Waals surface area (Å²) in [6.45, 7) is 1.94. The van der Waals surface area contributed by atoms with Crippen LogP contribution in [0.2, 0.25) is 0 Å². The Bertz CT molecular complexity index is 654. The van der Waals surface area contributed by atoms with Crippen LogP contribution in [0.25, 0.3) is 0 Å². The van der Waals surface area contributed by atoms with Crippen LogP contribution in [0.1, 0.15) is 23.1 Å². The van der Waals surface area contributed by atoms with Crippen molar-refractivity contribution in [2.75, 3.05) is 12.4 Å². The van der Waals surface area contributed by atoms with E-state index in [1.165, 1.54) is 17.2 Å². The van der Waals surface area contributed by atoms with Gasteiger partial charge in [0.2, 0.25) is 0 Å². The van der Waals surface area contributed by atoms with Gasteiger partial charge in [-0.05, 0) is 73.2 Å². The van der Waals surface area contributed by atoms with Gasteiger partial charge in [-0.3, -0.25) is 0 Å². The summed E-state index contributed by atoms with van der Waals surface area (Å²) >= 11 is 0. The molecule has 110 valence electrons. The van der Waals surface area contributed by atoms with E-state index in [0.717, 1.165) is 36.3 Å². The van der Waals surface area contributed by atoms with Gasteiger partial charge in [-0.25, -0.2) is 4.39 Å². The molecule has 0 radical (unpaired) electrons. The van der Waals surface area contributed by atoms with Crippen molar-refractivity contribution in [1.82, 2.24) is 0 Å². The standard InChI is InChI=1S/C18H20FNO/c1-12-9-15(19)5-8-18(12)20-16-6-3-13-4-7-17(21-2)11-14(13)10-16/h4-5,7-9,11,16,20H,3,6,10H2,1-2H3. The van der Waals surface area contributed by atoms with Crippen LogP contribution in [-0.2, 0) is 12.8 Å². The predicted molar refractivity (Wildman–Crippen MR) is 83.6 cm³/mol. The third kappa shape index (κ3) is 3.02. The molecule has 0 heterocycles. The van der Waals surface area contributed by atoms with Crippen LogP contribution in [0, 0.1) is 12.7 Å². The van der Waals surface area contributed by atoms with Crippen LogP contribution >= 0.6 is 0 Å². The molecule has 0 saturated carbocycles. The van der Waals surface area contributed by atoms with Gasteiger partial charge in [0.05, 0.1) is 7.11 Å². The molecular weight excluding hydrogens is 265 g/mol. The number of halogens is 1. The zero-order chi connectivity index (χ0) is 14.8. The quantitative estimate of drug-likeness (QED) is 0.916. The van der Waals surface area contributed by atoms with Gasteiger partial charge in [-0.15, -0.1) is 0 Å². The summed E-state index contributed by atoms with van der Waals surface area (Å²) < 4.78 is 18.5. The summed E-state index contributed by atoms with van der Waals surface area (Å²) in [4.78, 5) is 0. The highest BCUT2D eigenvalue weighted by atomic mass is 19.1. The highest BCUT2D eigenvalue weighted by Crippen LogP contribution is 2.28. The second-order valence-electron chi connectivity index (χ2n) is 5.68. The molecule has 0 bridgehead atoms. The zero-order valence-electron chi connectivity index (χ0n) is 12.4. The van der Waals surface area contributed by atoms with Crippen LogP contribution in [0.3, 0.4) is 0 Å². The number of aryl methyl sites for hydroxylation is 2. The minimum atomic E-state index is -0.184. The lowest BCUT2D eigenvalue weighted by molar-refractivity contribution is 0.413. The van der Waals surface area contributed by atoms with Crippen LogP contribution < -0.4 is 10.1 Å². The second-order valence-corrected chi connectivity index (χ2v) is 5.68. The molecule has 1 atom stereocenters. The summed E-state index contributed by atoms with van der Waals surface area (Å²) in [5, 5.41) is 3.55. The SMILES string of the molecule is COc1ccc2c(c1)CC(Nc1ccc(F)cc1C)CC2. The van der Waals surface area contributed by atoms with Gasteiger partial charge in [-0.2, -0.15) is 0 Å². The fraction of sp³-hybridized carbons (Fsp3) is 0.333. The third-order valence-electron chi connectivity index (χ3n) is 4.19. The second kappa shape index (κ2) is 5.76. The van der Waals surface area contributed by atoms with Gasteiger partial charge in [-0.1, -0.05) is 6.07 Å². The summed E-state index contributed by atoms with van der Waals surface area (Å²) in [5.74, 6) is 0.726. The summed E-state index contributed by atoms with van der Waals surface area (Å²) in [6, 6.07) is 11.6. The van der Waals surface area contributed by atoms with Gasteiger partial charge < -0.3 is 10.1 Å². The highest BCUT2D eigenvalue weighted by molar-refractivity contribution is 5.52. The zero-order valence-corrected chi connectivity index (χ0v) is 12.4. The van der Waals surface area contributed by atoms with E-state index in [9.17, 15) is 4.39 Å². The summed E-state index contributed by atoms with van der Waals surface area (Å²) in [6.07, 6.45) is 3.14. The number of rotatable bonds is 3. The van der Waals surface area contributed by atoms with E-state index >= 15 is 0 Å². The topological polar surface area (TPSA) is 21.3 Å². The maximum Gasteiger partial charge on any atom is 0.123 e. The molecule has 0 fully saturated rings. The van der Waals surface area contributed by atoms with Gasteiger partial charge in [0.1, 0.15) is 11.6 Å². The van der Waals surface area contributed by atoms with Gasteiger partial charge in [0.25, 0.3) is 0 Å². The number of hydrogen-bond acceptors (Lipinski definition) is 2. The maximum atomic E-state index is 13.2. The predicted octanol–water partition coefficient (Wildman–Crippen LogP) is 4.11. The first-order valence-electron chi connectivity index (χ1n) is 7.34. The average Bonchev–Trinajstić information content (AvgIpc) is 2.49. The van der Waals surface area contributed by atoms with Crippen LogP contribution in [0.5, 0.6) is 5.75 Å². The van der Waals surface area contributed by atoms with Crippen molar-refractivity contribution in [3.63, 3.8) is 0 Å². The molecular formula is C18H20FNO. The lowest BCUT2D eigenvalue weighted by Gasteiger charge is -2.27. The number of methoxy groups -OCH3 is 1. The number of ether oxygens (including phenoxy) is 1. The van der Waals surface area contributed by atoms with Crippen molar-refractivity contribution in [3.05, 3.63) is 58.9 Å². The highest BCUT2D eigenvalue weighted by Gasteiger charge is 2.19. The van der Waals surface area contributed by atoms with Crippen molar-refractivity contribution >= 4 is 5.69 Å². The Hall–Kier alpha value is -2.03. The Morgan fingerprint density at radius 2 is 2.00 bits per heavy atom. The Morgan fingerprint density at radius 3 is 2.76 bits per heavy atom. The van der Waals surface area contributed by atoms with E-state index in [1.807, 2.05) is 19.1 Å². The third-order valence-corrected chi connectivity index (χ3v) is 4.19. The number of hydrogen-bond donors (Lipinski definition) is 1. The van der Waals surface area contributed by atoms with Crippen LogP contribution in [0.4, 0.5) is 10.1 Å². The van der Waals surface area contributed by atoms with Crippen molar-refractivity contribution in [1.29, 1.82) is 0 Å².